The van der Waals surface area contributed by atoms with Crippen LogP contribution in [0.5, 0.6) is 0 Å². The van der Waals surface area contributed by atoms with Crippen LogP contribution in [0, 0.1) is 5.41 Å². The highest BCUT2D eigenvalue weighted by molar-refractivity contribution is 5.87. The van der Waals surface area contributed by atoms with Gasteiger partial charge in [-0.15, -0.1) is 0 Å². The third kappa shape index (κ3) is 9.02. The molecule has 0 aliphatic heterocycles. The second kappa shape index (κ2) is 9.92. The van der Waals surface area contributed by atoms with Crippen LogP contribution in [0.15, 0.2) is 0 Å². The molecule has 0 aromatic rings. The van der Waals surface area contributed by atoms with E-state index in [0.717, 1.165) is 12.8 Å². The average molecular weight is 260 g/mol. The van der Waals surface area contributed by atoms with Crippen molar-refractivity contribution in [2.45, 2.75) is 53.9 Å². The van der Waals surface area contributed by atoms with Crippen LogP contribution in [-0.2, 0) is 9.59 Å². The minimum atomic E-state index is -0.388. The van der Waals surface area contributed by atoms with Gasteiger partial charge in [0.15, 0.2) is 0 Å². The summed E-state index contributed by atoms with van der Waals surface area (Å²) < 4.78 is 0. The van der Waals surface area contributed by atoms with Crippen molar-refractivity contribution in [1.29, 1.82) is 0 Å². The quantitative estimate of drug-likeness (QED) is 0.826. The van der Waals surface area contributed by atoms with E-state index >= 15 is 0 Å². The summed E-state index contributed by atoms with van der Waals surface area (Å²) in [5.74, 6) is -0.143. The van der Waals surface area contributed by atoms with Crippen LogP contribution < -0.4 is 5.32 Å². The van der Waals surface area contributed by atoms with Crippen molar-refractivity contribution in [3.63, 3.8) is 0 Å². The molecule has 0 saturated heterocycles. The first-order valence-corrected chi connectivity index (χ1v) is 6.71. The highest BCUT2D eigenvalue weighted by Crippen LogP contribution is 2.21. The van der Waals surface area contributed by atoms with Gasteiger partial charge in [0, 0.05) is 20.9 Å². The van der Waals surface area contributed by atoms with Gasteiger partial charge in [-0.25, -0.2) is 0 Å². The molecule has 1 N–H and O–H groups in total. The van der Waals surface area contributed by atoms with Crippen molar-refractivity contribution in [3.05, 3.63) is 0 Å². The number of nitrogens with one attached hydrogen (secondary N) is 1. The van der Waals surface area contributed by atoms with E-state index in [1.807, 2.05) is 20.8 Å². The van der Waals surface area contributed by atoms with Crippen molar-refractivity contribution in [2.75, 3.05) is 20.6 Å². The maximum absolute atomic E-state index is 11.7. The predicted octanol–water partition coefficient (Wildman–Crippen LogP) is 2.68. The molecule has 18 heavy (non-hydrogen) atoms. The summed E-state index contributed by atoms with van der Waals surface area (Å²) in [5, 5.41) is 2.66. The lowest BCUT2D eigenvalue weighted by atomic mass is 9.87. The SMILES string of the molecule is CCC.CCCC(C)(C)C(=O)NCC(=O)N(C)C.[HH]. The van der Waals surface area contributed by atoms with Crippen molar-refractivity contribution in [2.24, 2.45) is 5.41 Å². The molecule has 0 aromatic carbocycles. The molecule has 0 aromatic heterocycles. The molecule has 4 heteroatoms. The van der Waals surface area contributed by atoms with E-state index in [9.17, 15) is 9.59 Å². The Bertz CT molecular complexity index is 254. The molecule has 0 radical (unpaired) electrons. The topological polar surface area (TPSA) is 49.4 Å². The maximum Gasteiger partial charge on any atom is 0.241 e. The summed E-state index contributed by atoms with van der Waals surface area (Å²) in [6.45, 7) is 10.2. The molecule has 0 bridgehead atoms. The predicted molar refractivity (Wildman–Crippen MR) is 78.5 cm³/mol. The lowest BCUT2D eigenvalue weighted by Gasteiger charge is -2.23. The Morgan fingerprint density at radius 3 is 1.94 bits per heavy atom. The van der Waals surface area contributed by atoms with Gasteiger partial charge < -0.3 is 10.2 Å². The van der Waals surface area contributed by atoms with Gasteiger partial charge in [0.2, 0.25) is 11.8 Å². The minimum Gasteiger partial charge on any atom is -0.347 e. The lowest BCUT2D eigenvalue weighted by Crippen LogP contribution is -2.42. The first-order chi connectivity index (χ1) is 8.22. The number of carbonyl (C=O) groups is 2. The van der Waals surface area contributed by atoms with Crippen molar-refractivity contribution >= 4 is 11.8 Å². The molecule has 0 unspecified atom stereocenters. The van der Waals surface area contributed by atoms with Crippen LogP contribution in [0.1, 0.15) is 55.3 Å². The number of hydrogen-bond acceptors (Lipinski definition) is 2. The molecule has 0 saturated carbocycles. The van der Waals surface area contributed by atoms with Gasteiger partial charge in [-0.05, 0) is 6.42 Å². The number of hydrogen-bond donors (Lipinski definition) is 1. The molecular formula is C14H32N2O2. The lowest BCUT2D eigenvalue weighted by molar-refractivity contribution is -0.134. The van der Waals surface area contributed by atoms with Gasteiger partial charge in [0.25, 0.3) is 0 Å². The molecule has 110 valence electrons. The van der Waals surface area contributed by atoms with Gasteiger partial charge in [-0.1, -0.05) is 47.5 Å². The standard InChI is InChI=1S/C11H22N2O2.C3H8.H2/c1-6-7-11(2,3)10(15)12-8-9(14)13(4)5;1-3-2;/h6-8H2,1-5H3,(H,12,15);3H2,1-2H3;1H. The highest BCUT2D eigenvalue weighted by Gasteiger charge is 2.26. The van der Waals surface area contributed by atoms with Gasteiger partial charge in [-0.2, -0.15) is 0 Å². The second-order valence-electron chi connectivity index (χ2n) is 5.31. The molecule has 0 aliphatic rings. The number of amides is 2. The Kier molecular flexibility index (Phi) is 10.6. The summed E-state index contributed by atoms with van der Waals surface area (Å²) in [5.41, 5.74) is -0.388. The van der Waals surface area contributed by atoms with Crippen LogP contribution >= 0.6 is 0 Å². The summed E-state index contributed by atoms with van der Waals surface area (Å²) in [6, 6.07) is 0. The van der Waals surface area contributed by atoms with Crippen LogP contribution in [-0.4, -0.2) is 37.4 Å². The summed E-state index contributed by atoms with van der Waals surface area (Å²) in [7, 11) is 3.34. The Morgan fingerprint density at radius 1 is 1.17 bits per heavy atom. The van der Waals surface area contributed by atoms with Crippen LogP contribution in [0.3, 0.4) is 0 Å². The van der Waals surface area contributed by atoms with Crippen molar-refractivity contribution < 1.29 is 11.0 Å². The number of carbonyl (C=O) groups excluding carboxylic acids is 2. The molecule has 0 atom stereocenters. The zero-order valence-electron chi connectivity index (χ0n) is 13.1. The van der Waals surface area contributed by atoms with E-state index in [2.05, 4.69) is 19.2 Å². The largest absolute Gasteiger partial charge is 0.347 e. The summed E-state index contributed by atoms with van der Waals surface area (Å²) in [4.78, 5) is 24.4. The third-order valence-corrected chi connectivity index (χ3v) is 2.39. The highest BCUT2D eigenvalue weighted by atomic mass is 16.2. The van der Waals surface area contributed by atoms with Gasteiger partial charge in [0.1, 0.15) is 0 Å². The van der Waals surface area contributed by atoms with Crippen LogP contribution in [0.2, 0.25) is 0 Å². The maximum atomic E-state index is 11.7. The number of likely N-dealkylation sites (N-methyl/N-ethyl adjacent to an activating group) is 1. The monoisotopic (exact) mass is 260 g/mol. The van der Waals surface area contributed by atoms with Crippen LogP contribution in [0.25, 0.3) is 0 Å². The molecule has 0 heterocycles. The average Bonchev–Trinajstić information content (AvgIpc) is 2.26. The van der Waals surface area contributed by atoms with E-state index in [1.165, 1.54) is 11.3 Å². The summed E-state index contributed by atoms with van der Waals surface area (Å²) in [6.07, 6.45) is 3.04. The zero-order valence-corrected chi connectivity index (χ0v) is 13.1. The molecule has 0 rings (SSSR count). The Morgan fingerprint density at radius 2 is 1.61 bits per heavy atom. The summed E-state index contributed by atoms with van der Waals surface area (Å²) >= 11 is 0. The van der Waals surface area contributed by atoms with Crippen molar-refractivity contribution in [3.8, 4) is 0 Å². The van der Waals surface area contributed by atoms with E-state index < -0.39 is 0 Å². The molecule has 2 amide bonds. The Balaban J connectivity index is -0.000000580. The van der Waals surface area contributed by atoms with E-state index in [-0.39, 0.29) is 25.2 Å². The molecule has 0 aliphatic carbocycles. The molecule has 0 fully saturated rings. The fraction of sp³-hybridized carbons (Fsp3) is 0.857. The Labute approximate surface area is 114 Å². The molecular weight excluding hydrogens is 228 g/mol. The second-order valence-corrected chi connectivity index (χ2v) is 5.31. The fourth-order valence-corrected chi connectivity index (χ4v) is 1.29. The smallest absolute Gasteiger partial charge is 0.241 e. The normalized spacial score (nSPS) is 10.2. The molecule has 0 spiro atoms. The van der Waals surface area contributed by atoms with Gasteiger partial charge in [-0.3, -0.25) is 9.59 Å². The van der Waals surface area contributed by atoms with E-state index in [1.54, 1.807) is 14.1 Å². The van der Waals surface area contributed by atoms with Crippen molar-refractivity contribution in [1.82, 2.24) is 10.2 Å². The number of rotatable bonds is 5. The number of nitrogens with zero attached hydrogens (tertiary/aromatic N) is 1. The zero-order chi connectivity index (χ0) is 14.8. The Hall–Kier alpha value is -1.06. The van der Waals surface area contributed by atoms with E-state index in [0.29, 0.717) is 0 Å². The first-order valence-electron chi connectivity index (χ1n) is 6.71. The van der Waals surface area contributed by atoms with Gasteiger partial charge >= 0.3 is 0 Å². The van der Waals surface area contributed by atoms with Crippen LogP contribution in [0.4, 0.5) is 0 Å². The van der Waals surface area contributed by atoms with Gasteiger partial charge in [0.05, 0.1) is 6.54 Å². The minimum absolute atomic E-state index is 0. The third-order valence-electron chi connectivity index (χ3n) is 2.39. The van der Waals surface area contributed by atoms with E-state index in [4.69, 9.17) is 0 Å². The fourth-order valence-electron chi connectivity index (χ4n) is 1.29. The first kappa shape index (κ1) is 19.3. The molecule has 4 nitrogen and oxygen atoms in total.